The lowest BCUT2D eigenvalue weighted by molar-refractivity contribution is -0.153. The summed E-state index contributed by atoms with van der Waals surface area (Å²) < 4.78 is 0. The van der Waals surface area contributed by atoms with Crippen LogP contribution in [0.4, 0.5) is 0 Å². The van der Waals surface area contributed by atoms with Crippen molar-refractivity contribution in [3.63, 3.8) is 0 Å². The molecule has 1 aromatic heterocycles. The number of carbonyl (C=O) groups excluding carboxylic acids is 1. The minimum Gasteiger partial charge on any atom is -0.380 e. The van der Waals surface area contributed by atoms with E-state index < -0.39 is 5.60 Å². The van der Waals surface area contributed by atoms with Crippen LogP contribution in [0, 0.1) is 0 Å². The van der Waals surface area contributed by atoms with Gasteiger partial charge in [0.15, 0.2) is 0 Å². The summed E-state index contributed by atoms with van der Waals surface area (Å²) in [5.74, 6) is 0.709. The molecule has 2 atom stereocenters. The van der Waals surface area contributed by atoms with Crippen molar-refractivity contribution in [3.05, 3.63) is 18.2 Å². The van der Waals surface area contributed by atoms with Gasteiger partial charge in [0.25, 0.3) is 5.91 Å². The summed E-state index contributed by atoms with van der Waals surface area (Å²) in [6.07, 6.45) is 4.81. The van der Waals surface area contributed by atoms with Crippen molar-refractivity contribution >= 4 is 5.91 Å². The number of carbonyl (C=O) groups is 1. The molecule has 1 aromatic rings. The van der Waals surface area contributed by atoms with E-state index in [1.807, 2.05) is 6.92 Å². The second-order valence-electron chi connectivity index (χ2n) is 5.89. The molecule has 0 bridgehead atoms. The van der Waals surface area contributed by atoms with Gasteiger partial charge in [-0.15, -0.1) is 0 Å². The molecule has 1 aliphatic rings. The number of imidazole rings is 1. The van der Waals surface area contributed by atoms with Crippen molar-refractivity contribution in [2.24, 2.45) is 0 Å². The van der Waals surface area contributed by atoms with Crippen LogP contribution in [0.1, 0.15) is 45.5 Å². The van der Waals surface area contributed by atoms with Crippen molar-refractivity contribution in [1.29, 1.82) is 0 Å². The van der Waals surface area contributed by atoms with Crippen molar-refractivity contribution < 1.29 is 9.90 Å². The van der Waals surface area contributed by atoms with E-state index in [0.717, 1.165) is 25.3 Å². The second kappa shape index (κ2) is 6.58. The molecule has 118 valence electrons. The third-order valence-corrected chi connectivity index (χ3v) is 4.22. The summed E-state index contributed by atoms with van der Waals surface area (Å²) in [6, 6.07) is 0.0696. The Kier molecular flexibility index (Phi) is 5.00. The molecule has 1 saturated heterocycles. The molecule has 2 N–H and O–H groups in total. The van der Waals surface area contributed by atoms with Crippen molar-refractivity contribution in [2.45, 2.75) is 45.3 Å². The van der Waals surface area contributed by atoms with Gasteiger partial charge in [0.2, 0.25) is 0 Å². The molecule has 0 radical (unpaired) electrons. The fourth-order valence-corrected chi connectivity index (χ4v) is 3.04. The van der Waals surface area contributed by atoms with E-state index in [0.29, 0.717) is 19.5 Å². The summed E-state index contributed by atoms with van der Waals surface area (Å²) in [4.78, 5) is 24.1. The van der Waals surface area contributed by atoms with Crippen molar-refractivity contribution in [1.82, 2.24) is 19.8 Å². The Morgan fingerprint density at radius 1 is 1.52 bits per heavy atom. The van der Waals surface area contributed by atoms with Crippen molar-refractivity contribution in [2.75, 3.05) is 26.2 Å². The first-order chi connectivity index (χ1) is 9.99. The van der Waals surface area contributed by atoms with E-state index in [1.165, 1.54) is 0 Å². The van der Waals surface area contributed by atoms with E-state index in [2.05, 4.69) is 21.8 Å². The minimum atomic E-state index is -1.27. The van der Waals surface area contributed by atoms with Crippen LogP contribution in [0.15, 0.2) is 12.4 Å². The van der Waals surface area contributed by atoms with Gasteiger partial charge < -0.3 is 15.0 Å². The maximum atomic E-state index is 12.5. The summed E-state index contributed by atoms with van der Waals surface area (Å²) in [7, 11) is 0. The topological polar surface area (TPSA) is 72.5 Å². The highest BCUT2D eigenvalue weighted by Crippen LogP contribution is 2.25. The fourth-order valence-electron chi connectivity index (χ4n) is 3.04. The molecular weight excluding hydrogens is 268 g/mol. The number of amides is 1. The van der Waals surface area contributed by atoms with E-state index in [-0.39, 0.29) is 11.9 Å². The number of H-pyrrole nitrogens is 1. The van der Waals surface area contributed by atoms with Crippen LogP contribution in [0.2, 0.25) is 0 Å². The van der Waals surface area contributed by atoms with Gasteiger partial charge in [-0.3, -0.25) is 9.69 Å². The molecule has 6 heteroatoms. The number of nitrogens with one attached hydrogen (secondary N) is 1. The largest absolute Gasteiger partial charge is 0.380 e. The summed E-state index contributed by atoms with van der Waals surface area (Å²) >= 11 is 0. The zero-order valence-corrected chi connectivity index (χ0v) is 13.2. The van der Waals surface area contributed by atoms with E-state index >= 15 is 0 Å². The molecule has 1 aliphatic heterocycles. The molecule has 1 amide bonds. The molecule has 0 aromatic carbocycles. The number of hydrogen-bond acceptors (Lipinski definition) is 4. The number of aromatic amines is 1. The number of piperazine rings is 1. The molecular formula is C15H26N4O2. The summed E-state index contributed by atoms with van der Waals surface area (Å²) in [5.41, 5.74) is -1.27. The Morgan fingerprint density at radius 2 is 2.29 bits per heavy atom. The standard InChI is InChI=1S/C15H26N4O2/c1-4-6-15(3,21)14(20)19-10-9-18(5-2)12(11-19)13-16-7-8-17-13/h7-8,12,21H,4-6,9-11H2,1-3H3,(H,16,17). The lowest BCUT2D eigenvalue weighted by Gasteiger charge is -2.42. The first-order valence-corrected chi connectivity index (χ1v) is 7.74. The lowest BCUT2D eigenvalue weighted by Crippen LogP contribution is -2.55. The van der Waals surface area contributed by atoms with Gasteiger partial charge in [-0.1, -0.05) is 20.3 Å². The molecule has 0 aliphatic carbocycles. The highest BCUT2D eigenvalue weighted by Gasteiger charge is 2.38. The van der Waals surface area contributed by atoms with Crippen LogP contribution in [0.3, 0.4) is 0 Å². The smallest absolute Gasteiger partial charge is 0.254 e. The predicted molar refractivity (Wildman–Crippen MR) is 80.7 cm³/mol. The van der Waals surface area contributed by atoms with Crippen LogP contribution < -0.4 is 0 Å². The first-order valence-electron chi connectivity index (χ1n) is 7.74. The van der Waals surface area contributed by atoms with Crippen molar-refractivity contribution in [3.8, 4) is 0 Å². The third-order valence-electron chi connectivity index (χ3n) is 4.22. The van der Waals surface area contributed by atoms with Gasteiger partial charge in [-0.05, 0) is 19.9 Å². The number of hydrogen-bond donors (Lipinski definition) is 2. The monoisotopic (exact) mass is 294 g/mol. The number of rotatable bonds is 5. The SMILES string of the molecule is CCCC(C)(O)C(=O)N1CCN(CC)C(c2ncc[nH]2)C1. The number of aliphatic hydroxyl groups is 1. The van der Waals surface area contributed by atoms with Gasteiger partial charge >= 0.3 is 0 Å². The highest BCUT2D eigenvalue weighted by atomic mass is 16.3. The van der Waals surface area contributed by atoms with Gasteiger partial charge in [0.1, 0.15) is 11.4 Å². The molecule has 2 heterocycles. The van der Waals surface area contributed by atoms with Gasteiger partial charge in [-0.2, -0.15) is 0 Å². The molecule has 1 fully saturated rings. The Labute approximate surface area is 126 Å². The maximum Gasteiger partial charge on any atom is 0.254 e. The lowest BCUT2D eigenvalue weighted by atomic mass is 9.97. The Bertz CT molecular complexity index is 458. The Hall–Kier alpha value is -1.40. The third kappa shape index (κ3) is 3.44. The maximum absolute atomic E-state index is 12.5. The molecule has 21 heavy (non-hydrogen) atoms. The van der Waals surface area contributed by atoms with Crippen LogP contribution in [-0.2, 0) is 4.79 Å². The van der Waals surface area contributed by atoms with E-state index in [4.69, 9.17) is 0 Å². The fraction of sp³-hybridized carbons (Fsp3) is 0.733. The molecule has 2 unspecified atom stereocenters. The Balaban J connectivity index is 2.12. The van der Waals surface area contributed by atoms with E-state index in [9.17, 15) is 9.90 Å². The number of likely N-dealkylation sites (N-methyl/N-ethyl adjacent to an activating group) is 1. The molecule has 0 spiro atoms. The second-order valence-corrected chi connectivity index (χ2v) is 5.89. The molecule has 6 nitrogen and oxygen atoms in total. The van der Waals surface area contributed by atoms with Gasteiger partial charge in [0, 0.05) is 32.0 Å². The quantitative estimate of drug-likeness (QED) is 0.855. The highest BCUT2D eigenvalue weighted by molar-refractivity contribution is 5.84. The first kappa shape index (κ1) is 16.0. The average Bonchev–Trinajstić information content (AvgIpc) is 2.99. The number of aromatic nitrogens is 2. The zero-order valence-electron chi connectivity index (χ0n) is 13.2. The van der Waals surface area contributed by atoms with Gasteiger partial charge in [0.05, 0.1) is 6.04 Å². The van der Waals surface area contributed by atoms with Crippen LogP contribution in [0.5, 0.6) is 0 Å². The molecule has 0 saturated carbocycles. The van der Waals surface area contributed by atoms with Crippen LogP contribution >= 0.6 is 0 Å². The summed E-state index contributed by atoms with van der Waals surface area (Å²) in [6.45, 7) is 8.65. The zero-order chi connectivity index (χ0) is 15.5. The summed E-state index contributed by atoms with van der Waals surface area (Å²) in [5, 5.41) is 10.3. The van der Waals surface area contributed by atoms with E-state index in [1.54, 1.807) is 24.2 Å². The average molecular weight is 294 g/mol. The minimum absolute atomic E-state index is 0.0696. The Morgan fingerprint density at radius 3 is 2.86 bits per heavy atom. The van der Waals surface area contributed by atoms with Crippen LogP contribution in [-0.4, -0.2) is 62.6 Å². The normalized spacial score (nSPS) is 23.0. The number of nitrogens with zero attached hydrogens (tertiary/aromatic N) is 3. The van der Waals surface area contributed by atoms with Crippen LogP contribution in [0.25, 0.3) is 0 Å². The molecule has 2 rings (SSSR count). The van der Waals surface area contributed by atoms with Gasteiger partial charge in [-0.25, -0.2) is 4.98 Å². The predicted octanol–water partition coefficient (Wildman–Crippen LogP) is 1.17.